The second-order valence-electron chi connectivity index (χ2n) is 4.65. The van der Waals surface area contributed by atoms with Gasteiger partial charge in [-0.3, -0.25) is 4.79 Å². The van der Waals surface area contributed by atoms with Crippen molar-refractivity contribution < 1.29 is 18.7 Å². The first-order valence-corrected chi connectivity index (χ1v) is 6.58. The Bertz CT molecular complexity index is 521. The first kappa shape index (κ1) is 16.4. The molecule has 0 aliphatic carbocycles. The average molecular weight is 302 g/mol. The molecule has 1 unspecified atom stereocenters. The summed E-state index contributed by atoms with van der Waals surface area (Å²) in [5.41, 5.74) is -1.03. The lowest BCUT2D eigenvalue weighted by molar-refractivity contribution is -0.147. The normalized spacial score (nSPS) is 13.4. The number of halogens is 2. The van der Waals surface area contributed by atoms with Crippen molar-refractivity contribution in [1.82, 2.24) is 5.32 Å². The summed E-state index contributed by atoms with van der Waals surface area (Å²) in [6.45, 7) is 3.47. The van der Waals surface area contributed by atoms with E-state index in [1.165, 1.54) is 13.2 Å². The Hall–Kier alpha value is -1.62. The third kappa shape index (κ3) is 3.70. The number of carbonyl (C=O) groups is 2. The SMILES string of the molecule is CCCC(C)(NC(=O)c1ccc(F)cc1Cl)C(=O)OC. The highest BCUT2D eigenvalue weighted by Crippen LogP contribution is 2.20. The fraction of sp³-hybridized carbons (Fsp3) is 0.429. The van der Waals surface area contributed by atoms with Gasteiger partial charge >= 0.3 is 5.97 Å². The van der Waals surface area contributed by atoms with Crippen molar-refractivity contribution in [2.24, 2.45) is 0 Å². The highest BCUT2D eigenvalue weighted by Gasteiger charge is 2.35. The van der Waals surface area contributed by atoms with Crippen LogP contribution in [0.25, 0.3) is 0 Å². The number of esters is 1. The van der Waals surface area contributed by atoms with Gasteiger partial charge in [-0.2, -0.15) is 0 Å². The Labute approximate surface area is 122 Å². The zero-order valence-corrected chi connectivity index (χ0v) is 12.4. The molecule has 20 heavy (non-hydrogen) atoms. The molecule has 0 saturated heterocycles. The van der Waals surface area contributed by atoms with Gasteiger partial charge in [-0.15, -0.1) is 0 Å². The van der Waals surface area contributed by atoms with Crippen LogP contribution >= 0.6 is 11.6 Å². The standard InChI is InChI=1S/C14H17ClFNO3/c1-4-7-14(2,13(19)20-3)17-12(18)10-6-5-9(16)8-11(10)15/h5-6,8H,4,7H2,1-3H3,(H,17,18). The summed E-state index contributed by atoms with van der Waals surface area (Å²) < 4.78 is 17.7. The molecule has 4 nitrogen and oxygen atoms in total. The van der Waals surface area contributed by atoms with E-state index >= 15 is 0 Å². The number of rotatable bonds is 5. The molecule has 1 aromatic carbocycles. The van der Waals surface area contributed by atoms with Gasteiger partial charge in [0.2, 0.25) is 0 Å². The Kier molecular flexibility index (Phi) is 5.51. The van der Waals surface area contributed by atoms with Crippen LogP contribution in [-0.2, 0) is 9.53 Å². The maximum absolute atomic E-state index is 13.0. The molecule has 0 fully saturated rings. The Morgan fingerprint density at radius 1 is 1.45 bits per heavy atom. The largest absolute Gasteiger partial charge is 0.467 e. The van der Waals surface area contributed by atoms with Crippen LogP contribution in [0.5, 0.6) is 0 Å². The number of methoxy groups -OCH3 is 1. The van der Waals surface area contributed by atoms with Crippen LogP contribution in [0, 0.1) is 5.82 Å². The van der Waals surface area contributed by atoms with Crippen molar-refractivity contribution >= 4 is 23.5 Å². The minimum Gasteiger partial charge on any atom is -0.467 e. The van der Waals surface area contributed by atoms with Crippen LogP contribution in [0.3, 0.4) is 0 Å². The van der Waals surface area contributed by atoms with E-state index in [9.17, 15) is 14.0 Å². The second kappa shape index (κ2) is 6.70. The lowest BCUT2D eigenvalue weighted by Crippen LogP contribution is -2.52. The summed E-state index contributed by atoms with van der Waals surface area (Å²) in [6.07, 6.45) is 1.10. The summed E-state index contributed by atoms with van der Waals surface area (Å²) in [5.74, 6) is -1.61. The average Bonchev–Trinajstić information content (AvgIpc) is 2.37. The molecule has 6 heteroatoms. The zero-order chi connectivity index (χ0) is 15.3. The molecule has 0 aliphatic heterocycles. The molecule has 0 saturated carbocycles. The van der Waals surface area contributed by atoms with E-state index in [0.717, 1.165) is 12.1 Å². The molecule has 0 radical (unpaired) electrons. The number of amides is 1. The van der Waals surface area contributed by atoms with E-state index in [-0.39, 0.29) is 10.6 Å². The number of ether oxygens (including phenoxy) is 1. The molecule has 1 atom stereocenters. The van der Waals surface area contributed by atoms with E-state index in [0.29, 0.717) is 12.8 Å². The van der Waals surface area contributed by atoms with Gasteiger partial charge in [-0.05, 0) is 31.5 Å². The Morgan fingerprint density at radius 2 is 2.10 bits per heavy atom. The van der Waals surface area contributed by atoms with E-state index in [1.807, 2.05) is 6.92 Å². The molecule has 1 rings (SSSR count). The maximum atomic E-state index is 13.0. The van der Waals surface area contributed by atoms with Gasteiger partial charge in [0.25, 0.3) is 5.91 Å². The Morgan fingerprint density at radius 3 is 2.60 bits per heavy atom. The second-order valence-corrected chi connectivity index (χ2v) is 5.06. The van der Waals surface area contributed by atoms with Crippen molar-refractivity contribution in [3.8, 4) is 0 Å². The summed E-state index contributed by atoms with van der Waals surface area (Å²) in [4.78, 5) is 24.0. The van der Waals surface area contributed by atoms with Gasteiger partial charge in [0, 0.05) is 0 Å². The number of hydrogen-bond donors (Lipinski definition) is 1. The van der Waals surface area contributed by atoms with Crippen molar-refractivity contribution in [1.29, 1.82) is 0 Å². The van der Waals surface area contributed by atoms with E-state index < -0.39 is 23.2 Å². The smallest absolute Gasteiger partial charge is 0.331 e. The lowest BCUT2D eigenvalue weighted by Gasteiger charge is -2.27. The number of benzene rings is 1. The van der Waals surface area contributed by atoms with E-state index in [1.54, 1.807) is 6.92 Å². The van der Waals surface area contributed by atoms with Gasteiger partial charge < -0.3 is 10.1 Å². The molecule has 1 aromatic rings. The number of nitrogens with one attached hydrogen (secondary N) is 1. The van der Waals surface area contributed by atoms with E-state index in [4.69, 9.17) is 16.3 Å². The fourth-order valence-electron chi connectivity index (χ4n) is 1.93. The third-order valence-corrected chi connectivity index (χ3v) is 3.26. The van der Waals surface area contributed by atoms with Gasteiger partial charge in [0.15, 0.2) is 0 Å². The lowest BCUT2D eigenvalue weighted by atomic mass is 9.95. The maximum Gasteiger partial charge on any atom is 0.331 e. The van der Waals surface area contributed by atoms with Crippen molar-refractivity contribution in [2.75, 3.05) is 7.11 Å². The van der Waals surface area contributed by atoms with Crippen LogP contribution in [0.1, 0.15) is 37.0 Å². The highest BCUT2D eigenvalue weighted by molar-refractivity contribution is 6.33. The van der Waals surface area contributed by atoms with Crippen LogP contribution in [-0.4, -0.2) is 24.5 Å². The number of carbonyl (C=O) groups excluding carboxylic acids is 2. The zero-order valence-electron chi connectivity index (χ0n) is 11.6. The van der Waals surface area contributed by atoms with E-state index in [2.05, 4.69) is 5.32 Å². The summed E-state index contributed by atoms with van der Waals surface area (Å²) >= 11 is 5.83. The molecule has 0 aromatic heterocycles. The highest BCUT2D eigenvalue weighted by atomic mass is 35.5. The fourth-order valence-corrected chi connectivity index (χ4v) is 2.19. The minimum atomic E-state index is -1.14. The molecule has 110 valence electrons. The predicted octanol–water partition coefficient (Wildman–Crippen LogP) is 2.94. The summed E-state index contributed by atoms with van der Waals surface area (Å²) in [7, 11) is 1.26. The molecule has 1 amide bonds. The van der Waals surface area contributed by atoms with Crippen molar-refractivity contribution in [2.45, 2.75) is 32.2 Å². The van der Waals surface area contributed by atoms with Gasteiger partial charge in [0.05, 0.1) is 17.7 Å². The van der Waals surface area contributed by atoms with Crippen LogP contribution in [0.4, 0.5) is 4.39 Å². The monoisotopic (exact) mass is 301 g/mol. The first-order chi connectivity index (χ1) is 9.34. The van der Waals surface area contributed by atoms with Crippen molar-refractivity contribution in [3.63, 3.8) is 0 Å². The Balaban J connectivity index is 2.99. The molecular weight excluding hydrogens is 285 g/mol. The predicted molar refractivity (Wildman–Crippen MR) is 74.2 cm³/mol. The van der Waals surface area contributed by atoms with Gasteiger partial charge in [-0.1, -0.05) is 24.9 Å². The van der Waals surface area contributed by atoms with Crippen LogP contribution in [0.2, 0.25) is 5.02 Å². The topological polar surface area (TPSA) is 55.4 Å². The molecular formula is C14H17ClFNO3. The number of hydrogen-bond acceptors (Lipinski definition) is 3. The molecule has 0 heterocycles. The minimum absolute atomic E-state index is 0.00813. The van der Waals surface area contributed by atoms with Gasteiger partial charge in [-0.25, -0.2) is 9.18 Å². The van der Waals surface area contributed by atoms with Crippen LogP contribution in [0.15, 0.2) is 18.2 Å². The molecule has 0 spiro atoms. The molecule has 0 aliphatic rings. The van der Waals surface area contributed by atoms with Crippen LogP contribution < -0.4 is 5.32 Å². The third-order valence-electron chi connectivity index (χ3n) is 2.95. The molecule has 1 N–H and O–H groups in total. The quantitative estimate of drug-likeness (QED) is 0.851. The first-order valence-electron chi connectivity index (χ1n) is 6.20. The molecule has 0 bridgehead atoms. The van der Waals surface area contributed by atoms with Crippen molar-refractivity contribution in [3.05, 3.63) is 34.6 Å². The summed E-state index contributed by atoms with van der Waals surface area (Å²) in [5, 5.41) is 2.59. The summed E-state index contributed by atoms with van der Waals surface area (Å²) in [6, 6.07) is 3.46. The van der Waals surface area contributed by atoms with Gasteiger partial charge in [0.1, 0.15) is 11.4 Å².